The third-order valence-electron chi connectivity index (χ3n) is 6.58. The lowest BCUT2D eigenvalue weighted by molar-refractivity contribution is 0.0972. The van der Waals surface area contributed by atoms with Gasteiger partial charge in [-0.25, -0.2) is 9.98 Å². The second-order valence-corrected chi connectivity index (χ2v) is 12.3. The van der Waals surface area contributed by atoms with Crippen LogP contribution in [-0.4, -0.2) is 23.7 Å². The summed E-state index contributed by atoms with van der Waals surface area (Å²) < 4.78 is 0. The van der Waals surface area contributed by atoms with Crippen LogP contribution in [0.2, 0.25) is 0 Å². The van der Waals surface area contributed by atoms with Gasteiger partial charge in [-0.1, -0.05) is 83.9 Å². The van der Waals surface area contributed by atoms with E-state index in [0.717, 1.165) is 33.9 Å². The van der Waals surface area contributed by atoms with Gasteiger partial charge in [-0.2, -0.15) is 0 Å². The number of guanidine groups is 2. The first-order chi connectivity index (χ1) is 23.4. The van der Waals surface area contributed by atoms with E-state index in [-0.39, 0.29) is 11.8 Å². The van der Waals surface area contributed by atoms with Crippen molar-refractivity contribution in [2.45, 2.75) is 13.8 Å². The lowest BCUT2D eigenvalue weighted by Crippen LogP contribution is -2.35. The van der Waals surface area contributed by atoms with Crippen LogP contribution in [-0.2, 0) is 0 Å². The van der Waals surface area contributed by atoms with Crippen molar-refractivity contribution in [3.63, 3.8) is 0 Å². The van der Waals surface area contributed by atoms with E-state index in [2.05, 4.69) is 31.3 Å². The highest BCUT2D eigenvalue weighted by atomic mass is 32.1. The molecule has 8 nitrogen and oxygen atoms in total. The lowest BCUT2D eigenvalue weighted by Gasteiger charge is -2.11. The van der Waals surface area contributed by atoms with Crippen LogP contribution in [0.5, 0.6) is 0 Å². The zero-order valence-corrected chi connectivity index (χ0v) is 28.0. The van der Waals surface area contributed by atoms with E-state index in [1.807, 2.05) is 146 Å². The predicted molar refractivity (Wildman–Crippen MR) is 200 cm³/mol. The Labute approximate surface area is 288 Å². The van der Waals surface area contributed by atoms with Gasteiger partial charge in [0, 0.05) is 11.4 Å². The molecule has 4 N–H and O–H groups in total. The normalized spacial score (nSPS) is 11.1. The summed E-state index contributed by atoms with van der Waals surface area (Å²) in [4.78, 5) is 35.0. The van der Waals surface area contributed by atoms with Crippen LogP contribution in [0.1, 0.15) is 30.5 Å². The smallest absolute Gasteiger partial charge is 0.268 e. The molecule has 2 aromatic heterocycles. The number of aliphatic imine (C=N–C) groups is 2. The van der Waals surface area contributed by atoms with Gasteiger partial charge < -0.3 is 10.6 Å². The fourth-order valence-corrected chi connectivity index (χ4v) is 5.38. The van der Waals surface area contributed by atoms with Crippen molar-refractivity contribution < 1.29 is 9.59 Å². The second-order valence-electron chi connectivity index (χ2n) is 10.4. The molecular formula is C38H34N6O2S2. The molecule has 0 aliphatic heterocycles. The molecule has 2 heterocycles. The minimum Gasteiger partial charge on any atom is -0.326 e. The molecule has 6 rings (SSSR count). The summed E-state index contributed by atoms with van der Waals surface area (Å²) in [5.41, 5.74) is 5.57. The molecule has 0 saturated heterocycles. The van der Waals surface area contributed by atoms with Crippen LogP contribution in [0.15, 0.2) is 154 Å². The van der Waals surface area contributed by atoms with Crippen LogP contribution in [0.4, 0.5) is 22.7 Å². The standard InChI is InChI=1S/2C19H17N3OS/c2*1-14-9-11-16(12-10-14)21-19(20-15-6-3-2-4-7-15)22-18(23)17-8-5-13-24-17/h2*2-13H,1H3,(H2,20,21,22,23). The fourth-order valence-electron chi connectivity index (χ4n) is 4.14. The molecule has 0 aliphatic rings. The van der Waals surface area contributed by atoms with Gasteiger partial charge in [-0.05, 0) is 85.3 Å². The van der Waals surface area contributed by atoms with Crippen molar-refractivity contribution >= 4 is 69.2 Å². The third kappa shape index (κ3) is 10.6. The van der Waals surface area contributed by atoms with Gasteiger partial charge in [-0.15, -0.1) is 22.7 Å². The second kappa shape index (κ2) is 17.2. The minimum atomic E-state index is -0.181. The van der Waals surface area contributed by atoms with E-state index >= 15 is 0 Å². The summed E-state index contributed by atoms with van der Waals surface area (Å²) in [7, 11) is 0. The molecule has 0 aliphatic carbocycles. The third-order valence-corrected chi connectivity index (χ3v) is 8.31. The maximum Gasteiger partial charge on any atom is 0.268 e. The topological polar surface area (TPSA) is 107 Å². The molecule has 6 aromatic rings. The highest BCUT2D eigenvalue weighted by Gasteiger charge is 2.12. The molecular weight excluding hydrogens is 637 g/mol. The summed E-state index contributed by atoms with van der Waals surface area (Å²) in [6.45, 7) is 4.05. The summed E-state index contributed by atoms with van der Waals surface area (Å²) in [5.74, 6) is 0.422. The number of amides is 2. The van der Waals surface area contributed by atoms with Crippen LogP contribution < -0.4 is 21.3 Å². The molecule has 2 amide bonds. The number of benzene rings is 4. The van der Waals surface area contributed by atoms with Crippen molar-refractivity contribution in [2.75, 3.05) is 10.6 Å². The number of anilines is 2. The first-order valence-corrected chi connectivity index (χ1v) is 16.8. The van der Waals surface area contributed by atoms with Crippen LogP contribution in [0, 0.1) is 13.8 Å². The average Bonchev–Trinajstić information content (AvgIpc) is 3.84. The summed E-state index contributed by atoms with van der Waals surface area (Å²) >= 11 is 2.79. The van der Waals surface area contributed by atoms with Crippen molar-refractivity contribution in [3.8, 4) is 0 Å². The van der Waals surface area contributed by atoms with Crippen molar-refractivity contribution in [1.82, 2.24) is 10.6 Å². The predicted octanol–water partition coefficient (Wildman–Crippen LogP) is 9.17. The van der Waals surface area contributed by atoms with E-state index < -0.39 is 0 Å². The van der Waals surface area contributed by atoms with E-state index in [1.54, 1.807) is 12.1 Å². The van der Waals surface area contributed by atoms with Gasteiger partial charge in [0.2, 0.25) is 11.9 Å². The summed E-state index contributed by atoms with van der Waals surface area (Å²) in [5, 5.41) is 15.7. The van der Waals surface area contributed by atoms with E-state index in [1.165, 1.54) is 22.7 Å². The molecule has 4 aromatic carbocycles. The average molecular weight is 671 g/mol. The maximum absolute atomic E-state index is 12.3. The quantitative estimate of drug-likeness (QED) is 0.105. The summed E-state index contributed by atoms with van der Waals surface area (Å²) in [6.07, 6.45) is 0. The van der Waals surface area contributed by atoms with Crippen molar-refractivity contribution in [2.24, 2.45) is 9.98 Å². The number of rotatable bonds is 6. The van der Waals surface area contributed by atoms with Gasteiger partial charge in [0.25, 0.3) is 11.8 Å². The Morgan fingerprint density at radius 2 is 0.854 bits per heavy atom. The number of hydrogen-bond acceptors (Lipinski definition) is 6. The van der Waals surface area contributed by atoms with E-state index in [9.17, 15) is 9.59 Å². The zero-order chi connectivity index (χ0) is 33.6. The molecule has 0 radical (unpaired) electrons. The number of carbonyl (C=O) groups excluding carboxylic acids is 2. The fraction of sp³-hybridized carbons (Fsp3) is 0.0526. The van der Waals surface area contributed by atoms with E-state index in [0.29, 0.717) is 21.7 Å². The van der Waals surface area contributed by atoms with Crippen molar-refractivity contribution in [1.29, 1.82) is 0 Å². The number of nitrogens with zero attached hydrogens (tertiary/aromatic N) is 2. The highest BCUT2D eigenvalue weighted by molar-refractivity contribution is 7.12. The molecule has 0 atom stereocenters. The minimum absolute atomic E-state index is 0.181. The largest absolute Gasteiger partial charge is 0.326 e. The molecule has 0 spiro atoms. The maximum atomic E-state index is 12.3. The van der Waals surface area contributed by atoms with Crippen LogP contribution >= 0.6 is 22.7 Å². The SMILES string of the molecule is Cc1ccc(N=C(NC(=O)c2cccs2)Nc2ccccc2)cc1.Cc1ccc(N=C(NC(=O)c2cccs2)Nc2ccccc2)cc1. The molecule has 0 unspecified atom stereocenters. The number of hydrogen-bond donors (Lipinski definition) is 4. The molecule has 240 valence electrons. The van der Waals surface area contributed by atoms with E-state index in [4.69, 9.17) is 0 Å². The number of nitrogens with one attached hydrogen (secondary N) is 4. The van der Waals surface area contributed by atoms with Gasteiger partial charge in [-0.3, -0.25) is 20.2 Å². The Morgan fingerprint density at radius 1 is 0.479 bits per heavy atom. The number of thiophene rings is 2. The molecule has 10 heteroatoms. The Morgan fingerprint density at radius 3 is 1.19 bits per heavy atom. The Bertz CT molecular complexity index is 1790. The number of aryl methyl sites for hydroxylation is 2. The monoisotopic (exact) mass is 670 g/mol. The molecule has 48 heavy (non-hydrogen) atoms. The first kappa shape index (κ1) is 33.5. The molecule has 0 fully saturated rings. The lowest BCUT2D eigenvalue weighted by atomic mass is 10.2. The molecule has 0 bridgehead atoms. The highest BCUT2D eigenvalue weighted by Crippen LogP contribution is 2.16. The van der Waals surface area contributed by atoms with Gasteiger partial charge in [0.05, 0.1) is 21.1 Å². The summed E-state index contributed by atoms with van der Waals surface area (Å²) in [6, 6.07) is 42.1. The Balaban J connectivity index is 0.000000188. The van der Waals surface area contributed by atoms with Gasteiger partial charge in [0.15, 0.2) is 0 Å². The van der Waals surface area contributed by atoms with Crippen LogP contribution in [0.25, 0.3) is 0 Å². The number of carbonyl (C=O) groups is 2. The number of para-hydroxylation sites is 2. The first-order valence-electron chi connectivity index (χ1n) is 15.1. The Hall–Kier alpha value is -5.84. The van der Waals surface area contributed by atoms with Gasteiger partial charge in [0.1, 0.15) is 0 Å². The zero-order valence-electron chi connectivity index (χ0n) is 26.4. The molecule has 0 saturated carbocycles. The Kier molecular flexibility index (Phi) is 12.0. The van der Waals surface area contributed by atoms with Crippen molar-refractivity contribution in [3.05, 3.63) is 165 Å². The van der Waals surface area contributed by atoms with Crippen LogP contribution in [0.3, 0.4) is 0 Å². The van der Waals surface area contributed by atoms with Gasteiger partial charge >= 0.3 is 0 Å².